The molecular formula is C40H48F2N2O3. The molecule has 5 atom stereocenters. The fourth-order valence-corrected chi connectivity index (χ4v) is 6.13. The van der Waals surface area contributed by atoms with Gasteiger partial charge in [-0.2, -0.15) is 0 Å². The highest BCUT2D eigenvalue weighted by atomic mass is 19.1. The Morgan fingerprint density at radius 1 is 0.787 bits per heavy atom. The van der Waals surface area contributed by atoms with Gasteiger partial charge >= 0.3 is 0 Å². The van der Waals surface area contributed by atoms with E-state index in [1.54, 1.807) is 0 Å². The van der Waals surface area contributed by atoms with Crippen LogP contribution in [0.15, 0.2) is 109 Å². The minimum Gasteiger partial charge on any atom is -0.370 e. The van der Waals surface area contributed by atoms with Gasteiger partial charge in [0.2, 0.25) is 0 Å². The van der Waals surface area contributed by atoms with Crippen LogP contribution in [0.25, 0.3) is 0 Å². The van der Waals surface area contributed by atoms with Crippen LogP contribution in [0.4, 0.5) is 8.78 Å². The Bertz CT molecular complexity index is 1440. The highest BCUT2D eigenvalue weighted by Crippen LogP contribution is 2.27. The van der Waals surface area contributed by atoms with Gasteiger partial charge in [0.15, 0.2) is 6.29 Å². The average molecular weight is 643 g/mol. The second kappa shape index (κ2) is 16.6. The number of hydrogen-bond donors (Lipinski definition) is 1. The molecule has 0 saturated carbocycles. The van der Waals surface area contributed by atoms with Crippen LogP contribution in [-0.2, 0) is 40.3 Å². The first kappa shape index (κ1) is 34.9. The molecule has 5 nitrogen and oxygen atoms in total. The van der Waals surface area contributed by atoms with E-state index in [-0.39, 0.29) is 23.5 Å². The van der Waals surface area contributed by atoms with Crippen molar-refractivity contribution in [3.63, 3.8) is 0 Å². The summed E-state index contributed by atoms with van der Waals surface area (Å²) < 4.78 is 48.7. The Balaban J connectivity index is 1.53. The molecule has 0 aliphatic carbocycles. The summed E-state index contributed by atoms with van der Waals surface area (Å²) in [4.78, 5) is 2.37. The molecule has 0 radical (unpaired) electrons. The van der Waals surface area contributed by atoms with Crippen molar-refractivity contribution in [3.8, 4) is 0 Å². The number of halogens is 2. The largest absolute Gasteiger partial charge is 0.370 e. The van der Waals surface area contributed by atoms with Crippen molar-refractivity contribution in [3.05, 3.63) is 143 Å². The molecule has 0 bridgehead atoms. The minimum atomic E-state index is -0.593. The number of rotatable bonds is 14. The van der Waals surface area contributed by atoms with Crippen LogP contribution < -0.4 is 5.32 Å². The molecule has 0 aromatic heterocycles. The monoisotopic (exact) mass is 642 g/mol. The molecule has 7 heteroatoms. The van der Waals surface area contributed by atoms with Crippen molar-refractivity contribution >= 4 is 0 Å². The molecule has 0 amide bonds. The maximum absolute atomic E-state index is 14.6. The lowest BCUT2D eigenvalue weighted by atomic mass is 9.92. The maximum Gasteiger partial charge on any atom is 0.172 e. The Morgan fingerprint density at radius 2 is 1.32 bits per heavy atom. The van der Waals surface area contributed by atoms with Crippen LogP contribution in [0.5, 0.6) is 0 Å². The van der Waals surface area contributed by atoms with Crippen LogP contribution >= 0.6 is 0 Å². The highest BCUT2D eigenvalue weighted by molar-refractivity contribution is 5.22. The number of morpholine rings is 1. The lowest BCUT2D eigenvalue weighted by Gasteiger charge is -2.45. The second-order valence-corrected chi connectivity index (χ2v) is 13.8. The van der Waals surface area contributed by atoms with E-state index in [0.717, 1.165) is 22.8 Å². The molecule has 47 heavy (non-hydrogen) atoms. The van der Waals surface area contributed by atoms with Gasteiger partial charge in [-0.05, 0) is 53.1 Å². The van der Waals surface area contributed by atoms with Crippen molar-refractivity contribution < 1.29 is 23.0 Å². The summed E-state index contributed by atoms with van der Waals surface area (Å²) in [5, 5.41) is 3.76. The minimum absolute atomic E-state index is 0.00195. The summed E-state index contributed by atoms with van der Waals surface area (Å²) in [6.45, 7) is 11.0. The summed E-state index contributed by atoms with van der Waals surface area (Å²) in [5.74, 6) is -1.19. The van der Waals surface area contributed by atoms with Gasteiger partial charge in [0.1, 0.15) is 11.6 Å². The van der Waals surface area contributed by atoms with E-state index in [0.29, 0.717) is 44.9 Å². The van der Waals surface area contributed by atoms with Crippen molar-refractivity contribution in [2.45, 2.75) is 84.3 Å². The smallest absolute Gasteiger partial charge is 0.172 e. The molecule has 1 heterocycles. The van der Waals surface area contributed by atoms with Crippen molar-refractivity contribution in [1.82, 2.24) is 10.2 Å². The first-order valence-electron chi connectivity index (χ1n) is 16.5. The van der Waals surface area contributed by atoms with Crippen LogP contribution in [0.3, 0.4) is 0 Å². The van der Waals surface area contributed by atoms with Gasteiger partial charge in [-0.15, -0.1) is 0 Å². The zero-order valence-corrected chi connectivity index (χ0v) is 27.9. The van der Waals surface area contributed by atoms with Gasteiger partial charge in [0.25, 0.3) is 0 Å². The van der Waals surface area contributed by atoms with Gasteiger partial charge < -0.3 is 19.5 Å². The molecule has 0 unspecified atom stereocenters. The molecular weight excluding hydrogens is 594 g/mol. The van der Waals surface area contributed by atoms with E-state index < -0.39 is 24.0 Å². The highest BCUT2D eigenvalue weighted by Gasteiger charge is 2.40. The molecule has 1 N–H and O–H groups in total. The van der Waals surface area contributed by atoms with E-state index in [1.807, 2.05) is 66.7 Å². The first-order chi connectivity index (χ1) is 22.6. The van der Waals surface area contributed by atoms with Crippen LogP contribution in [0, 0.1) is 17.0 Å². The number of hydrogen-bond acceptors (Lipinski definition) is 5. The molecule has 250 valence electrons. The van der Waals surface area contributed by atoms with E-state index in [1.165, 1.54) is 12.1 Å². The molecule has 4 aromatic rings. The van der Waals surface area contributed by atoms with E-state index >= 15 is 0 Å². The van der Waals surface area contributed by atoms with Gasteiger partial charge in [-0.1, -0.05) is 112 Å². The molecule has 1 aliphatic rings. The van der Waals surface area contributed by atoms with E-state index in [4.69, 9.17) is 14.2 Å². The van der Waals surface area contributed by atoms with E-state index in [2.05, 4.69) is 62.2 Å². The number of nitrogens with one attached hydrogen (secondary N) is 1. The molecule has 4 aromatic carbocycles. The number of ether oxygens (including phenoxy) is 3. The third kappa shape index (κ3) is 10.8. The fourth-order valence-electron chi connectivity index (χ4n) is 6.13. The standard InChI is InChI=1S/C40H48F2N2O3/c1-29-39(47-28-40(2,3)4)46-27-36(43-29)38(45-26-32-18-12-7-13-19-32)37(22-33-20-34(41)23-35(42)21-33)44(24-30-14-8-5-9-15-30)25-31-16-10-6-11-17-31/h5-21,23,29,36-39,43H,22,24-28H2,1-4H3/t29-,36+,37-,38-,39+/m0/s1. The molecule has 1 saturated heterocycles. The Labute approximate surface area is 278 Å². The van der Waals surface area contributed by atoms with Gasteiger partial charge in [0, 0.05) is 25.2 Å². The summed E-state index contributed by atoms with van der Waals surface area (Å²) in [6.07, 6.45) is -0.453. The molecule has 0 spiro atoms. The SMILES string of the molecule is C[C@@H]1N[C@@H]([C@H](OCc2ccccc2)[C@H](Cc2cc(F)cc(F)c2)N(Cc2ccccc2)Cc2ccccc2)CO[C@@H]1OCC(C)(C)C. The third-order valence-electron chi connectivity index (χ3n) is 8.36. The Kier molecular flexibility index (Phi) is 12.3. The lowest BCUT2D eigenvalue weighted by Crippen LogP contribution is -2.63. The fraction of sp³-hybridized carbons (Fsp3) is 0.400. The van der Waals surface area contributed by atoms with Crippen molar-refractivity contribution in [1.29, 1.82) is 0 Å². The topological polar surface area (TPSA) is 43.0 Å². The van der Waals surface area contributed by atoms with Crippen molar-refractivity contribution in [2.24, 2.45) is 5.41 Å². The zero-order valence-electron chi connectivity index (χ0n) is 27.9. The Morgan fingerprint density at radius 3 is 1.83 bits per heavy atom. The van der Waals surface area contributed by atoms with E-state index in [9.17, 15) is 8.78 Å². The predicted octanol–water partition coefficient (Wildman–Crippen LogP) is 7.93. The van der Waals surface area contributed by atoms with Crippen LogP contribution in [0.2, 0.25) is 0 Å². The summed E-state index contributed by atoms with van der Waals surface area (Å²) in [5.41, 5.74) is 3.89. The van der Waals surface area contributed by atoms with Gasteiger partial charge in [-0.25, -0.2) is 8.78 Å². The first-order valence-corrected chi connectivity index (χ1v) is 16.5. The molecule has 5 rings (SSSR count). The lowest BCUT2D eigenvalue weighted by molar-refractivity contribution is -0.206. The average Bonchev–Trinajstić information content (AvgIpc) is 3.04. The van der Waals surface area contributed by atoms with Crippen LogP contribution in [0.1, 0.15) is 49.9 Å². The quantitative estimate of drug-likeness (QED) is 0.151. The molecule has 1 aliphatic heterocycles. The Hall–Kier alpha value is -3.46. The summed E-state index contributed by atoms with van der Waals surface area (Å²) in [7, 11) is 0. The predicted molar refractivity (Wildman–Crippen MR) is 183 cm³/mol. The van der Waals surface area contributed by atoms with Crippen LogP contribution in [-0.4, -0.2) is 48.6 Å². The molecule has 1 fully saturated rings. The third-order valence-corrected chi connectivity index (χ3v) is 8.36. The zero-order chi connectivity index (χ0) is 33.2. The normalized spacial score (nSPS) is 19.9. The number of benzene rings is 4. The maximum atomic E-state index is 14.6. The van der Waals surface area contributed by atoms with Crippen molar-refractivity contribution in [2.75, 3.05) is 13.2 Å². The van der Waals surface area contributed by atoms with Gasteiger partial charge in [0.05, 0.1) is 38.0 Å². The van der Waals surface area contributed by atoms with Gasteiger partial charge in [-0.3, -0.25) is 4.90 Å². The summed E-state index contributed by atoms with van der Waals surface area (Å²) in [6, 6.07) is 33.8. The summed E-state index contributed by atoms with van der Waals surface area (Å²) >= 11 is 0. The number of nitrogens with zero attached hydrogens (tertiary/aromatic N) is 1. The second-order valence-electron chi connectivity index (χ2n) is 13.8.